The van der Waals surface area contributed by atoms with E-state index in [1.54, 1.807) is 12.1 Å². The highest BCUT2D eigenvalue weighted by Gasteiger charge is 1.99. The molecule has 0 fully saturated rings. The molecule has 1 aromatic heterocycles. The average Bonchev–Trinajstić information content (AvgIpc) is 2.39. The summed E-state index contributed by atoms with van der Waals surface area (Å²) in [6.45, 7) is 3.21. The first kappa shape index (κ1) is 12.4. The minimum Gasteiger partial charge on any atom is -0.487 e. The van der Waals surface area contributed by atoms with Crippen LogP contribution in [0.4, 0.5) is 10.2 Å². The van der Waals surface area contributed by atoms with E-state index in [1.807, 2.05) is 25.1 Å². The standard InChI is InChI=1S/C14H15FN2O/c1-2-16-14-5-3-4-12(17-14)10-18-13-8-6-11(15)7-9-13/h3-9H,2,10H2,1H3,(H,16,17). The largest absolute Gasteiger partial charge is 0.487 e. The third-order valence-corrected chi connectivity index (χ3v) is 2.37. The van der Waals surface area contributed by atoms with Gasteiger partial charge in [0, 0.05) is 6.54 Å². The zero-order chi connectivity index (χ0) is 12.8. The molecule has 0 radical (unpaired) electrons. The average molecular weight is 246 g/mol. The minimum atomic E-state index is -0.269. The minimum absolute atomic E-state index is 0.269. The smallest absolute Gasteiger partial charge is 0.130 e. The van der Waals surface area contributed by atoms with Gasteiger partial charge in [-0.15, -0.1) is 0 Å². The molecule has 0 bridgehead atoms. The molecule has 0 aliphatic rings. The molecule has 2 aromatic rings. The molecular formula is C14H15FN2O. The molecule has 0 atom stereocenters. The predicted octanol–water partition coefficient (Wildman–Crippen LogP) is 3.23. The summed E-state index contributed by atoms with van der Waals surface area (Å²) in [4.78, 5) is 4.38. The highest BCUT2D eigenvalue weighted by Crippen LogP contribution is 2.13. The van der Waals surface area contributed by atoms with Crippen LogP contribution >= 0.6 is 0 Å². The molecule has 1 heterocycles. The van der Waals surface area contributed by atoms with Gasteiger partial charge in [-0.05, 0) is 43.3 Å². The molecule has 3 nitrogen and oxygen atoms in total. The Bertz CT molecular complexity index is 499. The number of aromatic nitrogens is 1. The first-order chi connectivity index (χ1) is 8.78. The Morgan fingerprint density at radius 3 is 2.67 bits per heavy atom. The molecule has 0 unspecified atom stereocenters. The van der Waals surface area contributed by atoms with Crippen LogP contribution in [-0.2, 0) is 6.61 Å². The second kappa shape index (κ2) is 6.00. The van der Waals surface area contributed by atoms with Gasteiger partial charge in [-0.1, -0.05) is 6.07 Å². The van der Waals surface area contributed by atoms with Crippen molar-refractivity contribution < 1.29 is 9.13 Å². The van der Waals surface area contributed by atoms with Gasteiger partial charge in [-0.2, -0.15) is 0 Å². The van der Waals surface area contributed by atoms with E-state index in [0.29, 0.717) is 12.4 Å². The fourth-order valence-corrected chi connectivity index (χ4v) is 1.53. The van der Waals surface area contributed by atoms with Crippen LogP contribution in [0.25, 0.3) is 0 Å². The van der Waals surface area contributed by atoms with Crippen molar-refractivity contribution in [3.8, 4) is 5.75 Å². The number of hydrogen-bond donors (Lipinski definition) is 1. The molecule has 4 heteroatoms. The monoisotopic (exact) mass is 246 g/mol. The quantitative estimate of drug-likeness (QED) is 0.879. The Morgan fingerprint density at radius 1 is 1.17 bits per heavy atom. The lowest BCUT2D eigenvalue weighted by Crippen LogP contribution is -2.03. The van der Waals surface area contributed by atoms with Gasteiger partial charge in [0.05, 0.1) is 5.69 Å². The SMILES string of the molecule is CCNc1cccc(COc2ccc(F)cc2)n1. The highest BCUT2D eigenvalue weighted by atomic mass is 19.1. The van der Waals surface area contributed by atoms with Gasteiger partial charge in [-0.3, -0.25) is 0 Å². The zero-order valence-corrected chi connectivity index (χ0v) is 10.2. The number of ether oxygens (including phenoxy) is 1. The van der Waals surface area contributed by atoms with Crippen molar-refractivity contribution in [3.05, 3.63) is 54.0 Å². The highest BCUT2D eigenvalue weighted by molar-refractivity contribution is 5.35. The normalized spacial score (nSPS) is 10.1. The summed E-state index contributed by atoms with van der Waals surface area (Å²) in [6, 6.07) is 11.7. The van der Waals surface area contributed by atoms with E-state index in [2.05, 4.69) is 10.3 Å². The third kappa shape index (κ3) is 3.45. The fourth-order valence-electron chi connectivity index (χ4n) is 1.53. The van der Waals surface area contributed by atoms with E-state index in [9.17, 15) is 4.39 Å². The number of rotatable bonds is 5. The van der Waals surface area contributed by atoms with Crippen molar-refractivity contribution in [2.24, 2.45) is 0 Å². The number of halogens is 1. The number of hydrogen-bond acceptors (Lipinski definition) is 3. The van der Waals surface area contributed by atoms with E-state index < -0.39 is 0 Å². The molecule has 0 spiro atoms. The van der Waals surface area contributed by atoms with Crippen molar-refractivity contribution in [3.63, 3.8) is 0 Å². The predicted molar refractivity (Wildman–Crippen MR) is 69.1 cm³/mol. The molecule has 0 saturated carbocycles. The van der Waals surface area contributed by atoms with Gasteiger partial charge in [0.2, 0.25) is 0 Å². The lowest BCUT2D eigenvalue weighted by molar-refractivity contribution is 0.301. The van der Waals surface area contributed by atoms with Crippen LogP contribution in [-0.4, -0.2) is 11.5 Å². The van der Waals surface area contributed by atoms with Gasteiger partial charge >= 0.3 is 0 Å². The molecule has 0 aliphatic heterocycles. The summed E-state index contributed by atoms with van der Waals surface area (Å²) >= 11 is 0. The zero-order valence-electron chi connectivity index (χ0n) is 10.2. The summed E-state index contributed by atoms with van der Waals surface area (Å²) in [5.74, 6) is 1.19. The third-order valence-electron chi connectivity index (χ3n) is 2.37. The van der Waals surface area contributed by atoms with Gasteiger partial charge in [0.25, 0.3) is 0 Å². The second-order valence-electron chi connectivity index (χ2n) is 3.79. The fraction of sp³-hybridized carbons (Fsp3) is 0.214. The summed E-state index contributed by atoms with van der Waals surface area (Å²) < 4.78 is 18.2. The number of pyridine rings is 1. The number of benzene rings is 1. The molecule has 0 amide bonds. The maximum absolute atomic E-state index is 12.7. The van der Waals surface area contributed by atoms with Gasteiger partial charge in [0.15, 0.2) is 0 Å². The maximum atomic E-state index is 12.7. The van der Waals surface area contributed by atoms with Crippen LogP contribution in [0.5, 0.6) is 5.75 Å². The van der Waals surface area contributed by atoms with E-state index in [1.165, 1.54) is 12.1 Å². The molecule has 0 saturated heterocycles. The van der Waals surface area contributed by atoms with E-state index in [0.717, 1.165) is 18.1 Å². The molecule has 0 aliphatic carbocycles. The van der Waals surface area contributed by atoms with E-state index in [-0.39, 0.29) is 5.82 Å². The van der Waals surface area contributed by atoms with E-state index in [4.69, 9.17) is 4.74 Å². The Labute approximate surface area is 106 Å². The maximum Gasteiger partial charge on any atom is 0.130 e. The van der Waals surface area contributed by atoms with Crippen molar-refractivity contribution in [2.75, 3.05) is 11.9 Å². The number of nitrogens with zero attached hydrogens (tertiary/aromatic N) is 1. The van der Waals surface area contributed by atoms with Crippen molar-refractivity contribution >= 4 is 5.82 Å². The number of anilines is 1. The second-order valence-corrected chi connectivity index (χ2v) is 3.79. The van der Waals surface area contributed by atoms with Gasteiger partial charge in [0.1, 0.15) is 24.0 Å². The Kier molecular flexibility index (Phi) is 4.12. The molecule has 94 valence electrons. The summed E-state index contributed by atoms with van der Waals surface area (Å²) in [5, 5.41) is 3.14. The van der Waals surface area contributed by atoms with Crippen molar-refractivity contribution in [1.29, 1.82) is 0 Å². The molecule has 1 aromatic carbocycles. The number of nitrogens with one attached hydrogen (secondary N) is 1. The van der Waals surface area contributed by atoms with Crippen molar-refractivity contribution in [2.45, 2.75) is 13.5 Å². The first-order valence-corrected chi connectivity index (χ1v) is 5.86. The molecule has 2 rings (SSSR count). The van der Waals surface area contributed by atoms with Gasteiger partial charge < -0.3 is 10.1 Å². The Morgan fingerprint density at radius 2 is 1.94 bits per heavy atom. The molecular weight excluding hydrogens is 231 g/mol. The topological polar surface area (TPSA) is 34.1 Å². The lowest BCUT2D eigenvalue weighted by Gasteiger charge is -2.07. The molecule has 1 N–H and O–H groups in total. The summed E-state index contributed by atoms with van der Waals surface area (Å²) in [6.07, 6.45) is 0. The van der Waals surface area contributed by atoms with Crippen LogP contribution in [0, 0.1) is 5.82 Å². The van der Waals surface area contributed by atoms with Crippen LogP contribution in [0.3, 0.4) is 0 Å². The lowest BCUT2D eigenvalue weighted by atomic mass is 10.3. The first-order valence-electron chi connectivity index (χ1n) is 5.86. The van der Waals surface area contributed by atoms with Crippen molar-refractivity contribution in [1.82, 2.24) is 4.98 Å². The van der Waals surface area contributed by atoms with E-state index >= 15 is 0 Å². The Hall–Kier alpha value is -2.10. The van der Waals surface area contributed by atoms with Gasteiger partial charge in [-0.25, -0.2) is 9.37 Å². The van der Waals surface area contributed by atoms with Crippen LogP contribution in [0.2, 0.25) is 0 Å². The van der Waals surface area contributed by atoms with Crippen LogP contribution in [0.15, 0.2) is 42.5 Å². The molecule has 18 heavy (non-hydrogen) atoms. The van der Waals surface area contributed by atoms with Crippen LogP contribution in [0.1, 0.15) is 12.6 Å². The summed E-state index contributed by atoms with van der Waals surface area (Å²) in [7, 11) is 0. The Balaban J connectivity index is 1.97. The summed E-state index contributed by atoms with van der Waals surface area (Å²) in [5.41, 5.74) is 0.831. The van der Waals surface area contributed by atoms with Crippen LogP contribution < -0.4 is 10.1 Å².